The third kappa shape index (κ3) is 3.68. The van der Waals surface area contributed by atoms with Crippen LogP contribution in [0.1, 0.15) is 25.7 Å². The van der Waals surface area contributed by atoms with E-state index in [2.05, 4.69) is 50.5 Å². The summed E-state index contributed by atoms with van der Waals surface area (Å²) in [6.45, 7) is 0. The Morgan fingerprint density at radius 3 is 2.20 bits per heavy atom. The van der Waals surface area contributed by atoms with E-state index in [9.17, 15) is 0 Å². The van der Waals surface area contributed by atoms with Crippen molar-refractivity contribution in [1.29, 1.82) is 0 Å². The van der Waals surface area contributed by atoms with Gasteiger partial charge in [0.05, 0.1) is 0 Å². The van der Waals surface area contributed by atoms with Crippen molar-refractivity contribution in [2.75, 3.05) is 0 Å². The van der Waals surface area contributed by atoms with E-state index in [0.29, 0.717) is 6.04 Å². The van der Waals surface area contributed by atoms with E-state index in [-0.39, 0.29) is 1.68 Å². The van der Waals surface area contributed by atoms with Crippen LogP contribution in [-0.4, -0.2) is 7.72 Å². The zero-order valence-electron chi connectivity index (χ0n) is 5.74. The van der Waals surface area contributed by atoms with Gasteiger partial charge in [-0.25, -0.2) is 0 Å². The van der Waals surface area contributed by atoms with E-state index >= 15 is 0 Å². The van der Waals surface area contributed by atoms with E-state index in [4.69, 9.17) is 5.73 Å². The number of nitrogens with one attached hydrogen (secondary N) is 1. The second kappa shape index (κ2) is 3.86. The molecule has 0 atom stereocenters. The second-order valence-corrected chi connectivity index (χ2v) is 8.22. The van der Waals surface area contributed by atoms with Gasteiger partial charge in [-0.2, -0.15) is 0 Å². The highest BCUT2D eigenvalue weighted by Gasteiger charge is 2.22. The van der Waals surface area contributed by atoms with Gasteiger partial charge < -0.3 is 0 Å². The molecule has 1 aliphatic rings. The molecular formula is C6H12I2N2. The molecule has 1 saturated carbocycles. The molecule has 4 heteroatoms. The van der Waals surface area contributed by atoms with Gasteiger partial charge in [0.15, 0.2) is 1.68 Å². The van der Waals surface area contributed by atoms with Crippen LogP contribution in [0.3, 0.4) is 0 Å². The van der Waals surface area contributed by atoms with Crippen molar-refractivity contribution < 1.29 is 0 Å². The van der Waals surface area contributed by atoms with E-state index in [1.54, 1.807) is 0 Å². The molecule has 0 aromatic rings. The van der Waals surface area contributed by atoms with Crippen molar-refractivity contribution in [2.24, 2.45) is 5.73 Å². The number of halogens is 2. The molecule has 0 amide bonds. The molecule has 0 bridgehead atoms. The summed E-state index contributed by atoms with van der Waals surface area (Å²) >= 11 is 4.44. The number of hydrogen-bond acceptors (Lipinski definition) is 2. The van der Waals surface area contributed by atoms with Gasteiger partial charge in [0.2, 0.25) is 0 Å². The lowest BCUT2D eigenvalue weighted by atomic mass is 10.3. The number of alkyl halides is 2. The number of nitrogens with two attached hydrogens (primary N) is 1. The average Bonchev–Trinajstić information content (AvgIpc) is 2.12. The summed E-state index contributed by atoms with van der Waals surface area (Å²) in [5.74, 6) is 0. The molecule has 10 heavy (non-hydrogen) atoms. The standard InChI is InChI=1S/C6H12I2N2/c7-6(8,9)10-5-3-1-2-4-5/h5,10H,1-4,9H2. The van der Waals surface area contributed by atoms with Crippen molar-refractivity contribution >= 4 is 45.2 Å². The monoisotopic (exact) mass is 366 g/mol. The lowest BCUT2D eigenvalue weighted by Gasteiger charge is -2.21. The Morgan fingerprint density at radius 2 is 1.80 bits per heavy atom. The largest absolute Gasteiger partial charge is 0.297 e. The molecule has 1 aliphatic carbocycles. The lowest BCUT2D eigenvalue weighted by Crippen LogP contribution is -2.46. The molecule has 0 saturated heterocycles. The Balaban J connectivity index is 2.24. The third-order valence-electron chi connectivity index (χ3n) is 1.75. The van der Waals surface area contributed by atoms with Crippen molar-refractivity contribution in [3.05, 3.63) is 0 Å². The van der Waals surface area contributed by atoms with Crippen LogP contribution < -0.4 is 11.1 Å². The minimum atomic E-state index is -0.246. The molecular weight excluding hydrogens is 354 g/mol. The molecule has 0 heterocycles. The van der Waals surface area contributed by atoms with Crippen LogP contribution in [0.5, 0.6) is 0 Å². The topological polar surface area (TPSA) is 38.0 Å². The first-order valence-corrected chi connectivity index (χ1v) is 5.68. The van der Waals surface area contributed by atoms with Crippen LogP contribution in [0.15, 0.2) is 0 Å². The van der Waals surface area contributed by atoms with Gasteiger partial charge in [0.25, 0.3) is 0 Å². The highest BCUT2D eigenvalue weighted by molar-refractivity contribution is 14.2. The first-order valence-electron chi connectivity index (χ1n) is 3.52. The maximum Gasteiger partial charge on any atom is 0.172 e. The quantitative estimate of drug-likeness (QED) is 0.340. The summed E-state index contributed by atoms with van der Waals surface area (Å²) in [4.78, 5) is 0. The van der Waals surface area contributed by atoms with Crippen molar-refractivity contribution in [3.63, 3.8) is 0 Å². The molecule has 0 unspecified atom stereocenters. The summed E-state index contributed by atoms with van der Waals surface area (Å²) < 4.78 is -0.246. The molecule has 0 aromatic heterocycles. The van der Waals surface area contributed by atoms with E-state index in [0.717, 1.165) is 0 Å². The van der Waals surface area contributed by atoms with E-state index in [1.807, 2.05) is 0 Å². The first-order chi connectivity index (χ1) is 4.58. The molecule has 0 radical (unpaired) electrons. The Labute approximate surface area is 89.0 Å². The molecule has 1 fully saturated rings. The predicted octanol–water partition coefficient (Wildman–Crippen LogP) is 1.96. The third-order valence-corrected chi connectivity index (χ3v) is 2.37. The highest BCUT2D eigenvalue weighted by atomic mass is 127. The lowest BCUT2D eigenvalue weighted by molar-refractivity contribution is 0.515. The molecule has 0 aromatic carbocycles. The Kier molecular flexibility index (Phi) is 3.66. The van der Waals surface area contributed by atoms with E-state index < -0.39 is 0 Å². The molecule has 60 valence electrons. The van der Waals surface area contributed by atoms with Crippen LogP contribution in [0.2, 0.25) is 0 Å². The fraction of sp³-hybridized carbons (Fsp3) is 1.00. The van der Waals surface area contributed by atoms with Gasteiger partial charge >= 0.3 is 0 Å². The minimum absolute atomic E-state index is 0.246. The summed E-state index contributed by atoms with van der Waals surface area (Å²) in [5, 5.41) is 3.37. The van der Waals surface area contributed by atoms with Gasteiger partial charge in [0, 0.05) is 6.04 Å². The Morgan fingerprint density at radius 1 is 1.30 bits per heavy atom. The highest BCUT2D eigenvalue weighted by Crippen LogP contribution is 2.24. The zero-order valence-corrected chi connectivity index (χ0v) is 10.1. The SMILES string of the molecule is NC(I)(I)NC1CCCC1. The van der Waals surface area contributed by atoms with Gasteiger partial charge in [-0.15, -0.1) is 0 Å². The fourth-order valence-corrected chi connectivity index (χ4v) is 2.22. The molecule has 3 N–H and O–H groups in total. The van der Waals surface area contributed by atoms with Gasteiger partial charge in [0.1, 0.15) is 0 Å². The molecule has 0 aliphatic heterocycles. The Hall–Kier alpha value is 1.38. The van der Waals surface area contributed by atoms with Crippen molar-refractivity contribution in [3.8, 4) is 0 Å². The summed E-state index contributed by atoms with van der Waals surface area (Å²) in [6.07, 6.45) is 5.32. The van der Waals surface area contributed by atoms with Crippen LogP contribution in [0, 0.1) is 0 Å². The summed E-state index contributed by atoms with van der Waals surface area (Å²) in [6, 6.07) is 0.666. The van der Waals surface area contributed by atoms with Crippen LogP contribution >= 0.6 is 45.2 Å². The van der Waals surface area contributed by atoms with Crippen LogP contribution in [-0.2, 0) is 0 Å². The molecule has 0 spiro atoms. The van der Waals surface area contributed by atoms with Crippen LogP contribution in [0.25, 0.3) is 0 Å². The van der Waals surface area contributed by atoms with Crippen molar-refractivity contribution in [2.45, 2.75) is 33.4 Å². The predicted molar refractivity (Wildman–Crippen MR) is 60.4 cm³/mol. The fourth-order valence-electron chi connectivity index (χ4n) is 1.34. The minimum Gasteiger partial charge on any atom is -0.297 e. The van der Waals surface area contributed by atoms with Gasteiger partial charge in [-0.05, 0) is 58.0 Å². The molecule has 1 rings (SSSR count). The number of rotatable bonds is 2. The summed E-state index contributed by atoms with van der Waals surface area (Å²) in [5.41, 5.74) is 5.78. The normalized spacial score (nSPS) is 21.9. The van der Waals surface area contributed by atoms with Crippen LogP contribution in [0.4, 0.5) is 0 Å². The maximum absolute atomic E-state index is 5.78. The summed E-state index contributed by atoms with van der Waals surface area (Å²) in [7, 11) is 0. The zero-order chi connectivity index (χ0) is 7.61. The second-order valence-electron chi connectivity index (χ2n) is 2.75. The first kappa shape index (κ1) is 9.47. The smallest absolute Gasteiger partial charge is 0.172 e. The van der Waals surface area contributed by atoms with Crippen molar-refractivity contribution in [1.82, 2.24) is 5.32 Å². The van der Waals surface area contributed by atoms with Gasteiger partial charge in [-0.1, -0.05) is 12.8 Å². The Bertz CT molecular complexity index is 105. The number of hydrogen-bond donors (Lipinski definition) is 2. The average molecular weight is 366 g/mol. The van der Waals surface area contributed by atoms with Gasteiger partial charge in [-0.3, -0.25) is 11.1 Å². The van der Waals surface area contributed by atoms with E-state index in [1.165, 1.54) is 25.7 Å². The molecule has 2 nitrogen and oxygen atoms in total. The maximum atomic E-state index is 5.78.